The van der Waals surface area contributed by atoms with Crippen LogP contribution in [-0.4, -0.2) is 92.6 Å². The van der Waals surface area contributed by atoms with Gasteiger partial charge in [0.2, 0.25) is 5.91 Å². The Bertz CT molecular complexity index is 1510. The number of aryl methyl sites for hydroxylation is 1. The van der Waals surface area contributed by atoms with Crippen LogP contribution in [-0.2, 0) is 11.2 Å². The number of fused-ring (bicyclic) bond motifs is 1. The van der Waals surface area contributed by atoms with Gasteiger partial charge in [0, 0.05) is 62.5 Å². The number of likely N-dealkylation sites (tertiary alicyclic amines) is 2. The van der Waals surface area contributed by atoms with Gasteiger partial charge in [-0.1, -0.05) is 13.8 Å². The van der Waals surface area contributed by atoms with E-state index < -0.39 is 11.9 Å². The molecule has 2 aliphatic heterocycles. The Hall–Kier alpha value is -3.30. The van der Waals surface area contributed by atoms with Crippen molar-refractivity contribution in [2.24, 2.45) is 17.8 Å². The molecule has 3 aromatic rings. The molecule has 45 heavy (non-hydrogen) atoms. The van der Waals surface area contributed by atoms with E-state index in [0.29, 0.717) is 17.5 Å². The number of hydrogen-bond donors (Lipinski definition) is 1. The van der Waals surface area contributed by atoms with E-state index in [1.807, 2.05) is 49.6 Å². The van der Waals surface area contributed by atoms with Crippen LogP contribution in [0.15, 0.2) is 36.8 Å². The van der Waals surface area contributed by atoms with Gasteiger partial charge in [0.05, 0.1) is 29.1 Å². The number of amides is 2. The van der Waals surface area contributed by atoms with Crippen molar-refractivity contribution in [2.75, 3.05) is 39.3 Å². The van der Waals surface area contributed by atoms with E-state index in [0.717, 1.165) is 74.9 Å². The molecule has 1 N–H and O–H groups in total. The molecule has 244 valence electrons. The maximum Gasteiger partial charge on any atom is 0.256 e. The van der Waals surface area contributed by atoms with Crippen LogP contribution in [0.1, 0.15) is 75.4 Å². The van der Waals surface area contributed by atoms with Crippen molar-refractivity contribution in [2.45, 2.75) is 79.4 Å². The van der Waals surface area contributed by atoms with E-state index in [2.05, 4.69) is 23.0 Å². The minimum absolute atomic E-state index is 0.0613. The lowest BCUT2D eigenvalue weighted by atomic mass is 9.95. The van der Waals surface area contributed by atoms with Gasteiger partial charge in [0.1, 0.15) is 5.82 Å². The van der Waals surface area contributed by atoms with Gasteiger partial charge in [-0.05, 0) is 101 Å². The number of aliphatic hydroxyl groups excluding tert-OH is 1. The summed E-state index contributed by atoms with van der Waals surface area (Å²) in [5.74, 6) is 0.687. The van der Waals surface area contributed by atoms with Crippen molar-refractivity contribution >= 4 is 22.7 Å². The molecule has 2 saturated heterocycles. The van der Waals surface area contributed by atoms with Crippen LogP contribution < -0.4 is 0 Å². The van der Waals surface area contributed by atoms with E-state index in [1.165, 1.54) is 17.7 Å². The van der Waals surface area contributed by atoms with Gasteiger partial charge in [0.25, 0.3) is 5.91 Å². The van der Waals surface area contributed by atoms with Crippen molar-refractivity contribution in [1.29, 1.82) is 0 Å². The number of hydrogen-bond acceptors (Lipinski definition) is 5. The summed E-state index contributed by atoms with van der Waals surface area (Å²) in [5, 5.41) is 11.2. The first-order chi connectivity index (χ1) is 21.4. The van der Waals surface area contributed by atoms with Crippen molar-refractivity contribution in [1.82, 2.24) is 24.3 Å². The predicted octanol–water partition coefficient (Wildman–Crippen LogP) is 5.46. The highest BCUT2D eigenvalue weighted by Gasteiger charge is 2.30. The van der Waals surface area contributed by atoms with Crippen LogP contribution in [0.25, 0.3) is 16.6 Å². The summed E-state index contributed by atoms with van der Waals surface area (Å²) in [7, 11) is 0. The normalized spacial score (nSPS) is 18.8. The van der Waals surface area contributed by atoms with Crippen LogP contribution in [0.2, 0.25) is 0 Å². The molecule has 1 aromatic carbocycles. The first-order valence-corrected chi connectivity index (χ1v) is 16.7. The molecule has 0 radical (unpaired) electrons. The number of pyridine rings is 1. The smallest absolute Gasteiger partial charge is 0.256 e. The molecule has 4 heterocycles. The zero-order valence-corrected chi connectivity index (χ0v) is 27.8. The summed E-state index contributed by atoms with van der Waals surface area (Å²) in [5.41, 5.74) is 4.06. The van der Waals surface area contributed by atoms with Crippen molar-refractivity contribution in [3.63, 3.8) is 0 Å². The molecule has 0 unspecified atom stereocenters. The minimum atomic E-state index is -0.702. The van der Waals surface area contributed by atoms with Gasteiger partial charge in [0.15, 0.2) is 0 Å². The number of halogens is 1. The lowest BCUT2D eigenvalue weighted by molar-refractivity contribution is -0.135. The standard InChI is InChI=1S/C36H50FN5O3/c1-23(2)35(44)40-13-10-27(11-14-40)20-39-12-9-28(21-39)15-29-22-42(33-18-38-17-25(5)34(29)33)32-8-7-30(37)16-31(32)36(45)41(24(3)4)19-26(6)43/h7-8,16-18,22-24,26-28,43H,9-15,19-21H2,1-6H3/t26-,28-/m0/s1. The zero-order chi connectivity index (χ0) is 32.4. The molecule has 0 spiro atoms. The van der Waals surface area contributed by atoms with Gasteiger partial charge < -0.3 is 24.4 Å². The van der Waals surface area contributed by atoms with E-state index in [9.17, 15) is 19.1 Å². The second kappa shape index (κ2) is 14.0. The third kappa shape index (κ3) is 7.41. The first-order valence-electron chi connectivity index (χ1n) is 16.7. The van der Waals surface area contributed by atoms with Crippen LogP contribution >= 0.6 is 0 Å². The molecule has 2 atom stereocenters. The Morgan fingerprint density at radius 1 is 1.04 bits per heavy atom. The minimum Gasteiger partial charge on any atom is -0.392 e. The predicted molar refractivity (Wildman–Crippen MR) is 176 cm³/mol. The molecule has 2 aromatic heterocycles. The molecular weight excluding hydrogens is 569 g/mol. The van der Waals surface area contributed by atoms with Crippen LogP contribution in [0.3, 0.4) is 0 Å². The van der Waals surface area contributed by atoms with Gasteiger partial charge in [-0.25, -0.2) is 4.39 Å². The molecule has 2 amide bonds. The van der Waals surface area contributed by atoms with E-state index in [1.54, 1.807) is 17.9 Å². The third-order valence-electron chi connectivity index (χ3n) is 9.59. The number of piperidine rings is 1. The number of aromatic nitrogens is 2. The van der Waals surface area contributed by atoms with Crippen LogP contribution in [0.5, 0.6) is 0 Å². The first kappa shape index (κ1) is 33.1. The second-order valence-electron chi connectivity index (χ2n) is 14.0. The fourth-order valence-electron chi connectivity index (χ4n) is 7.27. The molecule has 0 bridgehead atoms. The summed E-state index contributed by atoms with van der Waals surface area (Å²) in [6, 6.07) is 4.21. The number of rotatable bonds is 10. The van der Waals surface area contributed by atoms with Gasteiger partial charge in [-0.15, -0.1) is 0 Å². The summed E-state index contributed by atoms with van der Waals surface area (Å²) < 4.78 is 16.6. The van der Waals surface area contributed by atoms with Crippen molar-refractivity contribution in [3.8, 4) is 5.69 Å². The number of carbonyl (C=O) groups excluding carboxylic acids is 2. The zero-order valence-electron chi connectivity index (χ0n) is 27.8. The highest BCUT2D eigenvalue weighted by Crippen LogP contribution is 2.33. The fourth-order valence-corrected chi connectivity index (χ4v) is 7.27. The molecule has 8 nitrogen and oxygen atoms in total. The number of aliphatic hydroxyl groups is 1. The Morgan fingerprint density at radius 3 is 2.42 bits per heavy atom. The summed E-state index contributed by atoms with van der Waals surface area (Å²) in [6.07, 6.45) is 9.31. The van der Waals surface area contributed by atoms with Gasteiger partial charge in [-0.2, -0.15) is 0 Å². The Labute approximate surface area is 267 Å². The van der Waals surface area contributed by atoms with E-state index >= 15 is 0 Å². The van der Waals surface area contributed by atoms with Gasteiger partial charge >= 0.3 is 0 Å². The highest BCUT2D eigenvalue weighted by atomic mass is 19.1. The molecular formula is C36H50FN5O3. The number of benzene rings is 1. The number of carbonyl (C=O) groups is 2. The average Bonchev–Trinajstić information content (AvgIpc) is 3.60. The Morgan fingerprint density at radius 2 is 1.76 bits per heavy atom. The summed E-state index contributed by atoms with van der Waals surface area (Å²) >= 11 is 0. The van der Waals surface area contributed by atoms with Gasteiger partial charge in [-0.3, -0.25) is 14.6 Å². The molecule has 0 saturated carbocycles. The lowest BCUT2D eigenvalue weighted by Crippen LogP contribution is -2.42. The third-order valence-corrected chi connectivity index (χ3v) is 9.59. The summed E-state index contributed by atoms with van der Waals surface area (Å²) in [6.45, 7) is 16.6. The molecule has 2 aliphatic rings. The Balaban J connectivity index is 1.35. The second-order valence-corrected chi connectivity index (χ2v) is 14.0. The van der Waals surface area contributed by atoms with Crippen LogP contribution in [0, 0.1) is 30.5 Å². The average molecular weight is 620 g/mol. The fraction of sp³-hybridized carbons (Fsp3) is 0.583. The maximum absolute atomic E-state index is 14.6. The maximum atomic E-state index is 14.6. The molecule has 9 heteroatoms. The Kier molecular flexibility index (Phi) is 10.3. The SMILES string of the molecule is Cc1cncc2c1c(C[C@@H]1CCN(CC3CCN(C(=O)C(C)C)CC3)C1)cn2-c1ccc(F)cc1C(=O)N(C[C@H](C)O)C(C)C. The monoisotopic (exact) mass is 619 g/mol. The quantitative estimate of drug-likeness (QED) is 0.326. The number of nitrogens with zero attached hydrogens (tertiary/aromatic N) is 5. The summed E-state index contributed by atoms with van der Waals surface area (Å²) in [4.78, 5) is 37.0. The molecule has 5 rings (SSSR count). The van der Waals surface area contributed by atoms with Crippen molar-refractivity contribution < 1.29 is 19.1 Å². The van der Waals surface area contributed by atoms with Crippen LogP contribution in [0.4, 0.5) is 4.39 Å². The topological polar surface area (TPSA) is 81.9 Å². The van der Waals surface area contributed by atoms with E-state index in [4.69, 9.17) is 0 Å². The molecule has 0 aliphatic carbocycles. The van der Waals surface area contributed by atoms with Crippen molar-refractivity contribution in [3.05, 3.63) is 59.3 Å². The lowest BCUT2D eigenvalue weighted by Gasteiger charge is -2.34. The van der Waals surface area contributed by atoms with E-state index in [-0.39, 0.29) is 35.9 Å². The molecule has 2 fully saturated rings. The largest absolute Gasteiger partial charge is 0.392 e. The highest BCUT2D eigenvalue weighted by molar-refractivity contribution is 5.99.